The summed E-state index contributed by atoms with van der Waals surface area (Å²) in [5.41, 5.74) is 0. The fraction of sp³-hybridized carbons (Fsp3) is 1.00. The second kappa shape index (κ2) is 6.49. The van der Waals surface area contributed by atoms with E-state index in [1.165, 1.54) is 32.5 Å². The minimum atomic E-state index is 0.768. The van der Waals surface area contributed by atoms with Crippen LogP contribution in [-0.2, 0) is 0 Å². The summed E-state index contributed by atoms with van der Waals surface area (Å²) < 4.78 is 0. The van der Waals surface area contributed by atoms with Crippen LogP contribution in [0.15, 0.2) is 0 Å². The van der Waals surface area contributed by atoms with Gasteiger partial charge in [0.15, 0.2) is 0 Å². The number of nitrogens with zero attached hydrogens (tertiary/aromatic N) is 1. The molecule has 1 rings (SSSR count). The second-order valence-electron chi connectivity index (χ2n) is 5.74. The lowest BCUT2D eigenvalue weighted by atomic mass is 10.1. The Labute approximate surface area is 95.4 Å². The van der Waals surface area contributed by atoms with E-state index >= 15 is 0 Å². The zero-order valence-electron chi connectivity index (χ0n) is 10.9. The van der Waals surface area contributed by atoms with Crippen molar-refractivity contribution in [3.8, 4) is 0 Å². The van der Waals surface area contributed by atoms with Crippen molar-refractivity contribution in [3.05, 3.63) is 0 Å². The largest absolute Gasteiger partial charge is 0.315 e. The first-order valence-electron chi connectivity index (χ1n) is 6.54. The molecule has 1 N–H and O–H groups in total. The topological polar surface area (TPSA) is 15.3 Å². The molecule has 1 aliphatic rings. The molecule has 0 aromatic heterocycles. The van der Waals surface area contributed by atoms with E-state index in [9.17, 15) is 0 Å². The van der Waals surface area contributed by atoms with Gasteiger partial charge in [-0.1, -0.05) is 27.7 Å². The highest BCUT2D eigenvalue weighted by atomic mass is 15.2. The molecule has 1 unspecified atom stereocenters. The van der Waals surface area contributed by atoms with Gasteiger partial charge >= 0.3 is 0 Å². The van der Waals surface area contributed by atoms with Crippen LogP contribution < -0.4 is 5.32 Å². The fourth-order valence-corrected chi connectivity index (χ4v) is 2.37. The molecule has 1 saturated heterocycles. The van der Waals surface area contributed by atoms with Crippen LogP contribution in [0.2, 0.25) is 0 Å². The van der Waals surface area contributed by atoms with E-state index in [1.54, 1.807) is 0 Å². The molecule has 1 atom stereocenters. The molecular formula is C13H28N2. The summed E-state index contributed by atoms with van der Waals surface area (Å²) >= 11 is 0. The predicted octanol–water partition coefficient (Wildman–Crippen LogP) is 2.35. The van der Waals surface area contributed by atoms with E-state index in [0.29, 0.717) is 0 Å². The van der Waals surface area contributed by atoms with Crippen LogP contribution in [0.25, 0.3) is 0 Å². The highest BCUT2D eigenvalue weighted by molar-refractivity contribution is 4.81. The minimum absolute atomic E-state index is 0.768. The van der Waals surface area contributed by atoms with Gasteiger partial charge in [-0.2, -0.15) is 0 Å². The van der Waals surface area contributed by atoms with Crippen molar-refractivity contribution in [2.24, 2.45) is 11.8 Å². The van der Waals surface area contributed by atoms with Crippen molar-refractivity contribution < 1.29 is 0 Å². The van der Waals surface area contributed by atoms with Gasteiger partial charge < -0.3 is 5.32 Å². The van der Waals surface area contributed by atoms with Crippen molar-refractivity contribution in [1.29, 1.82) is 0 Å². The molecule has 1 aliphatic heterocycles. The van der Waals surface area contributed by atoms with Crippen LogP contribution in [0.1, 0.15) is 40.5 Å². The molecule has 0 bridgehead atoms. The van der Waals surface area contributed by atoms with Crippen LogP contribution in [-0.4, -0.2) is 37.1 Å². The van der Waals surface area contributed by atoms with Gasteiger partial charge in [-0.15, -0.1) is 0 Å². The minimum Gasteiger partial charge on any atom is -0.315 e. The smallest absolute Gasteiger partial charge is 0.0221 e. The standard InChI is InChI=1S/C13H28N2/c1-11(2)8-14-9-13-6-5-7-15(13)10-12(3)4/h11-14H,5-10H2,1-4H3. The van der Waals surface area contributed by atoms with Crippen molar-refractivity contribution in [2.75, 3.05) is 26.2 Å². The lowest BCUT2D eigenvalue weighted by Gasteiger charge is -2.26. The van der Waals surface area contributed by atoms with Gasteiger partial charge in [0.1, 0.15) is 0 Å². The molecule has 0 amide bonds. The summed E-state index contributed by atoms with van der Waals surface area (Å²) in [7, 11) is 0. The van der Waals surface area contributed by atoms with Gasteiger partial charge in [-0.3, -0.25) is 4.90 Å². The summed E-state index contributed by atoms with van der Waals surface area (Å²) in [5, 5.41) is 3.59. The summed E-state index contributed by atoms with van der Waals surface area (Å²) in [6.45, 7) is 14.1. The number of hydrogen-bond donors (Lipinski definition) is 1. The highest BCUT2D eigenvalue weighted by Crippen LogP contribution is 2.17. The lowest BCUT2D eigenvalue weighted by molar-refractivity contribution is 0.220. The van der Waals surface area contributed by atoms with Crippen molar-refractivity contribution >= 4 is 0 Å². The maximum absolute atomic E-state index is 3.59. The molecule has 2 heteroatoms. The van der Waals surface area contributed by atoms with Gasteiger partial charge in [0, 0.05) is 19.1 Å². The molecule has 0 radical (unpaired) electrons. The van der Waals surface area contributed by atoms with Gasteiger partial charge in [-0.05, 0) is 37.8 Å². The zero-order valence-corrected chi connectivity index (χ0v) is 10.9. The van der Waals surface area contributed by atoms with Crippen molar-refractivity contribution in [1.82, 2.24) is 10.2 Å². The number of nitrogens with one attached hydrogen (secondary N) is 1. The summed E-state index contributed by atoms with van der Waals surface area (Å²) in [6.07, 6.45) is 2.78. The summed E-state index contributed by atoms with van der Waals surface area (Å²) in [6, 6.07) is 0.797. The first-order valence-corrected chi connectivity index (χ1v) is 6.54. The lowest BCUT2D eigenvalue weighted by Crippen LogP contribution is -2.40. The van der Waals surface area contributed by atoms with E-state index in [0.717, 1.165) is 24.4 Å². The third-order valence-electron chi connectivity index (χ3n) is 3.03. The average molecular weight is 212 g/mol. The average Bonchev–Trinajstić information content (AvgIpc) is 2.51. The normalized spacial score (nSPS) is 23.2. The fourth-order valence-electron chi connectivity index (χ4n) is 2.37. The molecule has 0 aromatic carbocycles. The Morgan fingerprint density at radius 2 is 1.93 bits per heavy atom. The first kappa shape index (κ1) is 13.0. The van der Waals surface area contributed by atoms with Gasteiger partial charge in [-0.25, -0.2) is 0 Å². The van der Waals surface area contributed by atoms with Crippen LogP contribution in [0.3, 0.4) is 0 Å². The quantitative estimate of drug-likeness (QED) is 0.727. The van der Waals surface area contributed by atoms with Gasteiger partial charge in [0.05, 0.1) is 0 Å². The highest BCUT2D eigenvalue weighted by Gasteiger charge is 2.24. The van der Waals surface area contributed by atoms with Crippen LogP contribution in [0, 0.1) is 11.8 Å². The number of rotatable bonds is 6. The molecule has 0 aliphatic carbocycles. The molecule has 0 aromatic rings. The number of hydrogen-bond acceptors (Lipinski definition) is 2. The zero-order chi connectivity index (χ0) is 11.3. The first-order chi connectivity index (χ1) is 7.09. The molecule has 0 saturated carbocycles. The molecule has 0 spiro atoms. The van der Waals surface area contributed by atoms with Crippen LogP contribution in [0.4, 0.5) is 0 Å². The maximum Gasteiger partial charge on any atom is 0.0221 e. The second-order valence-corrected chi connectivity index (χ2v) is 5.74. The van der Waals surface area contributed by atoms with E-state index < -0.39 is 0 Å². The summed E-state index contributed by atoms with van der Waals surface area (Å²) in [5.74, 6) is 1.57. The molecular weight excluding hydrogens is 184 g/mol. The molecule has 1 heterocycles. The Hall–Kier alpha value is -0.0800. The van der Waals surface area contributed by atoms with Crippen LogP contribution in [0.5, 0.6) is 0 Å². The SMILES string of the molecule is CC(C)CNCC1CCCN1CC(C)C. The van der Waals surface area contributed by atoms with Crippen molar-refractivity contribution in [3.63, 3.8) is 0 Å². The van der Waals surface area contributed by atoms with Gasteiger partial charge in [0.25, 0.3) is 0 Å². The van der Waals surface area contributed by atoms with E-state index in [4.69, 9.17) is 0 Å². The van der Waals surface area contributed by atoms with E-state index in [2.05, 4.69) is 37.9 Å². The molecule has 2 nitrogen and oxygen atoms in total. The summed E-state index contributed by atoms with van der Waals surface area (Å²) in [4.78, 5) is 2.66. The Kier molecular flexibility index (Phi) is 5.62. The Morgan fingerprint density at radius 3 is 2.53 bits per heavy atom. The van der Waals surface area contributed by atoms with E-state index in [-0.39, 0.29) is 0 Å². The van der Waals surface area contributed by atoms with Gasteiger partial charge in [0.2, 0.25) is 0 Å². The maximum atomic E-state index is 3.59. The Morgan fingerprint density at radius 1 is 1.20 bits per heavy atom. The van der Waals surface area contributed by atoms with E-state index in [1.807, 2.05) is 0 Å². The Bertz CT molecular complexity index is 166. The third kappa shape index (κ3) is 4.98. The van der Waals surface area contributed by atoms with Crippen molar-refractivity contribution in [2.45, 2.75) is 46.6 Å². The predicted molar refractivity (Wildman–Crippen MR) is 67.1 cm³/mol. The molecule has 90 valence electrons. The van der Waals surface area contributed by atoms with Crippen LogP contribution >= 0.6 is 0 Å². The molecule has 1 fully saturated rings. The third-order valence-corrected chi connectivity index (χ3v) is 3.03. The Balaban J connectivity index is 2.21. The monoisotopic (exact) mass is 212 g/mol. The number of likely N-dealkylation sites (tertiary alicyclic amines) is 1. The molecule has 15 heavy (non-hydrogen) atoms.